The van der Waals surface area contributed by atoms with Crippen LogP contribution in [-0.4, -0.2) is 42.1 Å². The van der Waals surface area contributed by atoms with E-state index in [4.69, 9.17) is 14.3 Å². The summed E-state index contributed by atoms with van der Waals surface area (Å²) in [6.07, 6.45) is 2.54. The number of fused-ring (bicyclic) bond motifs is 1. The van der Waals surface area contributed by atoms with Crippen LogP contribution in [0.3, 0.4) is 0 Å². The molecule has 1 fully saturated rings. The van der Waals surface area contributed by atoms with E-state index in [0.717, 1.165) is 5.39 Å². The average Bonchev–Trinajstić information content (AvgIpc) is 3.01. The molecule has 6 nitrogen and oxygen atoms in total. The molecule has 0 unspecified atom stereocenters. The molecule has 1 aromatic carbocycles. The van der Waals surface area contributed by atoms with E-state index in [-0.39, 0.29) is 11.8 Å². The number of carboxylic acids is 1. The number of hydrogen-bond donors (Lipinski definition) is 1. The third-order valence-corrected chi connectivity index (χ3v) is 4.12. The number of aliphatic carboxylic acids is 1. The van der Waals surface area contributed by atoms with Crippen LogP contribution in [-0.2, 0) is 4.79 Å². The van der Waals surface area contributed by atoms with Gasteiger partial charge in [-0.1, -0.05) is 0 Å². The van der Waals surface area contributed by atoms with Crippen LogP contribution in [0.4, 0.5) is 0 Å². The van der Waals surface area contributed by atoms with Crippen molar-refractivity contribution in [3.63, 3.8) is 0 Å². The summed E-state index contributed by atoms with van der Waals surface area (Å²) >= 11 is 0. The summed E-state index contributed by atoms with van der Waals surface area (Å²) in [7, 11) is 1.53. The van der Waals surface area contributed by atoms with Crippen molar-refractivity contribution in [1.29, 1.82) is 0 Å². The van der Waals surface area contributed by atoms with E-state index in [9.17, 15) is 9.59 Å². The van der Waals surface area contributed by atoms with Gasteiger partial charge in [0.05, 0.1) is 19.3 Å². The number of carbonyl (C=O) groups is 2. The third-order valence-electron chi connectivity index (χ3n) is 4.12. The van der Waals surface area contributed by atoms with Crippen molar-refractivity contribution in [3.05, 3.63) is 30.0 Å². The Morgan fingerprint density at radius 1 is 1.32 bits per heavy atom. The molecule has 0 radical (unpaired) electrons. The number of carboxylic acid groups (broad SMARTS) is 1. The maximum absolute atomic E-state index is 12.6. The van der Waals surface area contributed by atoms with E-state index in [1.165, 1.54) is 7.11 Å². The monoisotopic (exact) mass is 303 g/mol. The largest absolute Gasteiger partial charge is 0.493 e. The number of benzene rings is 1. The molecule has 1 saturated heterocycles. The van der Waals surface area contributed by atoms with Gasteiger partial charge in [-0.2, -0.15) is 0 Å². The molecule has 1 N–H and O–H groups in total. The Morgan fingerprint density at radius 2 is 2.05 bits per heavy atom. The molecule has 2 aromatic rings. The Balaban J connectivity index is 1.82. The first-order valence-corrected chi connectivity index (χ1v) is 7.17. The lowest BCUT2D eigenvalue weighted by atomic mass is 9.96. The fourth-order valence-electron chi connectivity index (χ4n) is 2.84. The highest BCUT2D eigenvalue weighted by atomic mass is 16.5. The molecule has 1 aliphatic rings. The predicted molar refractivity (Wildman–Crippen MR) is 79.0 cm³/mol. The summed E-state index contributed by atoms with van der Waals surface area (Å²) in [6.45, 7) is 0.920. The van der Waals surface area contributed by atoms with Gasteiger partial charge in [0.25, 0.3) is 5.91 Å². The van der Waals surface area contributed by atoms with Crippen LogP contribution in [0.2, 0.25) is 0 Å². The fraction of sp³-hybridized carbons (Fsp3) is 0.375. The lowest BCUT2D eigenvalue weighted by molar-refractivity contribution is -0.143. The van der Waals surface area contributed by atoms with Crippen molar-refractivity contribution in [3.8, 4) is 5.75 Å². The number of nitrogens with zero attached hydrogens (tertiary/aromatic N) is 1. The highest BCUT2D eigenvalue weighted by molar-refractivity contribution is 5.99. The lowest BCUT2D eigenvalue weighted by Crippen LogP contribution is -2.40. The molecular weight excluding hydrogens is 286 g/mol. The normalized spacial score (nSPS) is 16.0. The zero-order chi connectivity index (χ0) is 15.7. The minimum absolute atomic E-state index is 0.106. The summed E-state index contributed by atoms with van der Waals surface area (Å²) in [5, 5.41) is 9.82. The van der Waals surface area contributed by atoms with E-state index in [1.54, 1.807) is 29.4 Å². The van der Waals surface area contributed by atoms with Crippen molar-refractivity contribution in [1.82, 2.24) is 4.90 Å². The number of carbonyl (C=O) groups excluding carboxylic acids is 1. The van der Waals surface area contributed by atoms with Gasteiger partial charge < -0.3 is 19.2 Å². The van der Waals surface area contributed by atoms with Gasteiger partial charge in [0, 0.05) is 24.0 Å². The average molecular weight is 303 g/mol. The van der Waals surface area contributed by atoms with Crippen molar-refractivity contribution in [2.24, 2.45) is 5.92 Å². The van der Waals surface area contributed by atoms with Gasteiger partial charge in [0.2, 0.25) is 0 Å². The topological polar surface area (TPSA) is 80.0 Å². The number of amides is 1. The maximum Gasteiger partial charge on any atom is 0.306 e. The van der Waals surface area contributed by atoms with Crippen LogP contribution in [0.1, 0.15) is 23.2 Å². The molecule has 0 aliphatic carbocycles. The first-order valence-electron chi connectivity index (χ1n) is 7.17. The minimum Gasteiger partial charge on any atom is -0.493 e. The smallest absolute Gasteiger partial charge is 0.306 e. The Labute approximate surface area is 127 Å². The maximum atomic E-state index is 12.6. The van der Waals surface area contributed by atoms with Crippen molar-refractivity contribution >= 4 is 22.8 Å². The number of methoxy groups -OCH3 is 1. The first kappa shape index (κ1) is 14.4. The molecule has 0 atom stereocenters. The molecular formula is C16H17NO5. The van der Waals surface area contributed by atoms with Gasteiger partial charge >= 0.3 is 5.97 Å². The number of ether oxygens (including phenoxy) is 1. The van der Waals surface area contributed by atoms with Gasteiger partial charge in [-0.15, -0.1) is 0 Å². The van der Waals surface area contributed by atoms with E-state index in [0.29, 0.717) is 42.8 Å². The summed E-state index contributed by atoms with van der Waals surface area (Å²) in [5.41, 5.74) is 1.14. The molecule has 22 heavy (non-hydrogen) atoms. The van der Waals surface area contributed by atoms with Crippen LogP contribution in [0, 0.1) is 5.92 Å². The van der Waals surface area contributed by atoms with Gasteiger partial charge in [0.15, 0.2) is 11.3 Å². The Bertz CT molecular complexity index is 712. The molecule has 6 heteroatoms. The van der Waals surface area contributed by atoms with Crippen LogP contribution in [0.25, 0.3) is 11.0 Å². The highest BCUT2D eigenvalue weighted by Gasteiger charge is 2.28. The van der Waals surface area contributed by atoms with E-state index < -0.39 is 5.97 Å². The lowest BCUT2D eigenvalue weighted by Gasteiger charge is -2.30. The van der Waals surface area contributed by atoms with Crippen LogP contribution < -0.4 is 4.74 Å². The number of hydrogen-bond acceptors (Lipinski definition) is 4. The van der Waals surface area contributed by atoms with Crippen molar-refractivity contribution in [2.45, 2.75) is 12.8 Å². The number of furan rings is 1. The predicted octanol–water partition coefficient (Wildman–Crippen LogP) is 2.38. The second-order valence-electron chi connectivity index (χ2n) is 5.42. The summed E-state index contributed by atoms with van der Waals surface area (Å²) in [5.74, 6) is -0.722. The summed E-state index contributed by atoms with van der Waals surface area (Å²) in [6, 6.07) is 5.22. The minimum atomic E-state index is -0.784. The van der Waals surface area contributed by atoms with Crippen LogP contribution in [0.5, 0.6) is 5.75 Å². The number of likely N-dealkylation sites (tertiary alicyclic amines) is 1. The molecule has 0 bridgehead atoms. The van der Waals surface area contributed by atoms with Gasteiger partial charge in [0.1, 0.15) is 0 Å². The highest BCUT2D eigenvalue weighted by Crippen LogP contribution is 2.29. The zero-order valence-corrected chi connectivity index (χ0v) is 12.2. The summed E-state index contributed by atoms with van der Waals surface area (Å²) < 4.78 is 10.6. The third kappa shape index (κ3) is 2.52. The van der Waals surface area contributed by atoms with Crippen LogP contribution >= 0.6 is 0 Å². The van der Waals surface area contributed by atoms with Crippen molar-refractivity contribution in [2.75, 3.05) is 20.2 Å². The number of piperidine rings is 1. The molecule has 1 amide bonds. The Kier molecular flexibility index (Phi) is 3.75. The van der Waals surface area contributed by atoms with Gasteiger partial charge in [-0.25, -0.2) is 0 Å². The SMILES string of the molecule is COc1cc(C(=O)N2CCC(C(=O)O)CC2)cc2ccoc12. The Morgan fingerprint density at radius 3 is 2.68 bits per heavy atom. The van der Waals surface area contributed by atoms with Gasteiger partial charge in [-0.3, -0.25) is 9.59 Å². The van der Waals surface area contributed by atoms with Gasteiger partial charge in [-0.05, 0) is 31.0 Å². The number of rotatable bonds is 3. The zero-order valence-electron chi connectivity index (χ0n) is 12.2. The molecule has 0 spiro atoms. The Hall–Kier alpha value is -2.50. The van der Waals surface area contributed by atoms with Crippen molar-refractivity contribution < 1.29 is 23.8 Å². The van der Waals surface area contributed by atoms with Crippen LogP contribution in [0.15, 0.2) is 28.9 Å². The first-order chi connectivity index (χ1) is 10.6. The summed E-state index contributed by atoms with van der Waals surface area (Å²) in [4.78, 5) is 25.3. The van der Waals surface area contributed by atoms with E-state index in [1.807, 2.05) is 0 Å². The molecule has 3 rings (SSSR count). The quantitative estimate of drug-likeness (QED) is 0.941. The molecule has 2 heterocycles. The fourth-order valence-corrected chi connectivity index (χ4v) is 2.84. The second kappa shape index (κ2) is 5.71. The standard InChI is InChI=1S/C16H17NO5/c1-21-13-9-12(8-11-4-7-22-14(11)13)15(18)17-5-2-10(3-6-17)16(19)20/h4,7-10H,2-3,5-6H2,1H3,(H,19,20). The molecule has 1 aliphatic heterocycles. The molecule has 116 valence electrons. The van der Waals surface area contributed by atoms with E-state index in [2.05, 4.69) is 0 Å². The van der Waals surface area contributed by atoms with E-state index >= 15 is 0 Å². The second-order valence-corrected chi connectivity index (χ2v) is 5.42. The molecule has 0 saturated carbocycles. The molecule has 1 aromatic heterocycles.